The predicted octanol–water partition coefficient (Wildman–Crippen LogP) is 2.22. The Morgan fingerprint density at radius 2 is 2.00 bits per heavy atom. The van der Waals surface area contributed by atoms with Crippen LogP contribution in [0.3, 0.4) is 0 Å². The summed E-state index contributed by atoms with van der Waals surface area (Å²) >= 11 is 5.78. The standard InChI is InChI=1S/C14H18ClNO3/c1-11(10-16-6-8-18-9-7-16)19-14(17)12-2-4-13(15)5-3-12/h2-5,11H,6-10H2,1H3/t11-/m0/s1. The first-order valence-corrected chi connectivity index (χ1v) is 6.79. The molecule has 19 heavy (non-hydrogen) atoms. The summed E-state index contributed by atoms with van der Waals surface area (Å²) in [5, 5.41) is 0.609. The number of benzene rings is 1. The van der Waals surface area contributed by atoms with Gasteiger partial charge in [0.25, 0.3) is 0 Å². The fourth-order valence-electron chi connectivity index (χ4n) is 2.02. The summed E-state index contributed by atoms with van der Waals surface area (Å²) in [6, 6.07) is 6.72. The van der Waals surface area contributed by atoms with Crippen LogP contribution in [0.25, 0.3) is 0 Å². The second-order valence-electron chi connectivity index (χ2n) is 4.64. The maximum atomic E-state index is 11.9. The molecule has 1 aromatic carbocycles. The fourth-order valence-corrected chi connectivity index (χ4v) is 2.15. The maximum absolute atomic E-state index is 11.9. The van der Waals surface area contributed by atoms with Gasteiger partial charge >= 0.3 is 5.97 Å². The number of hydrogen-bond donors (Lipinski definition) is 0. The molecule has 0 aromatic heterocycles. The molecule has 1 saturated heterocycles. The van der Waals surface area contributed by atoms with E-state index in [0.29, 0.717) is 10.6 Å². The highest BCUT2D eigenvalue weighted by molar-refractivity contribution is 6.30. The molecular formula is C14H18ClNO3. The summed E-state index contributed by atoms with van der Waals surface area (Å²) in [6.07, 6.45) is -0.138. The molecule has 1 aliphatic heterocycles. The summed E-state index contributed by atoms with van der Waals surface area (Å²) in [4.78, 5) is 14.1. The zero-order chi connectivity index (χ0) is 13.7. The molecule has 1 fully saturated rings. The van der Waals surface area contributed by atoms with Crippen LogP contribution in [-0.4, -0.2) is 49.8 Å². The van der Waals surface area contributed by atoms with Crippen LogP contribution in [0.2, 0.25) is 5.02 Å². The van der Waals surface area contributed by atoms with Crippen LogP contribution in [-0.2, 0) is 9.47 Å². The van der Waals surface area contributed by atoms with Gasteiger partial charge in [-0.3, -0.25) is 4.90 Å². The smallest absolute Gasteiger partial charge is 0.338 e. The SMILES string of the molecule is C[C@@H](CN1CCOCC1)OC(=O)c1ccc(Cl)cc1. The van der Waals surface area contributed by atoms with Gasteiger partial charge in [0.05, 0.1) is 18.8 Å². The van der Waals surface area contributed by atoms with Crippen molar-refractivity contribution < 1.29 is 14.3 Å². The van der Waals surface area contributed by atoms with Crippen molar-refractivity contribution >= 4 is 17.6 Å². The monoisotopic (exact) mass is 283 g/mol. The first-order valence-electron chi connectivity index (χ1n) is 6.42. The Morgan fingerprint density at radius 3 is 2.63 bits per heavy atom. The Kier molecular flexibility index (Phi) is 5.19. The average molecular weight is 284 g/mol. The highest BCUT2D eigenvalue weighted by atomic mass is 35.5. The van der Waals surface area contributed by atoms with E-state index in [1.54, 1.807) is 24.3 Å². The first kappa shape index (κ1) is 14.3. The molecule has 4 nitrogen and oxygen atoms in total. The van der Waals surface area contributed by atoms with E-state index in [1.165, 1.54) is 0 Å². The van der Waals surface area contributed by atoms with Gasteiger partial charge in [-0.25, -0.2) is 4.79 Å². The van der Waals surface area contributed by atoms with Gasteiger partial charge in [0, 0.05) is 24.7 Å². The second kappa shape index (κ2) is 6.89. The molecule has 0 aliphatic carbocycles. The quantitative estimate of drug-likeness (QED) is 0.794. The second-order valence-corrected chi connectivity index (χ2v) is 5.07. The summed E-state index contributed by atoms with van der Waals surface area (Å²) in [5.41, 5.74) is 0.526. The molecule has 1 atom stereocenters. The number of carbonyl (C=O) groups excluding carboxylic acids is 1. The number of halogens is 1. The summed E-state index contributed by atoms with van der Waals surface area (Å²) < 4.78 is 10.7. The average Bonchev–Trinajstić information content (AvgIpc) is 2.40. The third-order valence-corrected chi connectivity index (χ3v) is 3.26. The van der Waals surface area contributed by atoms with Crippen LogP contribution >= 0.6 is 11.6 Å². The molecule has 0 amide bonds. The number of rotatable bonds is 4. The minimum atomic E-state index is -0.308. The Labute approximate surface area is 118 Å². The van der Waals surface area contributed by atoms with Crippen LogP contribution < -0.4 is 0 Å². The molecular weight excluding hydrogens is 266 g/mol. The van der Waals surface area contributed by atoms with Crippen molar-refractivity contribution in [3.8, 4) is 0 Å². The molecule has 0 spiro atoms. The lowest BCUT2D eigenvalue weighted by atomic mass is 10.2. The Bertz CT molecular complexity index is 415. The van der Waals surface area contributed by atoms with Crippen LogP contribution in [0.1, 0.15) is 17.3 Å². The van der Waals surface area contributed by atoms with Crippen molar-refractivity contribution in [2.24, 2.45) is 0 Å². The molecule has 104 valence electrons. The Hall–Kier alpha value is -1.10. The highest BCUT2D eigenvalue weighted by Gasteiger charge is 2.17. The molecule has 1 heterocycles. The fraction of sp³-hybridized carbons (Fsp3) is 0.500. The lowest BCUT2D eigenvalue weighted by Gasteiger charge is -2.28. The van der Waals surface area contributed by atoms with E-state index in [4.69, 9.17) is 21.1 Å². The van der Waals surface area contributed by atoms with E-state index in [1.807, 2.05) is 6.92 Å². The summed E-state index contributed by atoms with van der Waals surface area (Å²) in [6.45, 7) is 5.92. The van der Waals surface area contributed by atoms with Gasteiger partial charge in [0.2, 0.25) is 0 Å². The number of hydrogen-bond acceptors (Lipinski definition) is 4. The topological polar surface area (TPSA) is 38.8 Å². The van der Waals surface area contributed by atoms with Crippen molar-refractivity contribution in [1.82, 2.24) is 4.90 Å². The molecule has 5 heteroatoms. The van der Waals surface area contributed by atoms with E-state index in [0.717, 1.165) is 32.8 Å². The number of morpholine rings is 1. The zero-order valence-corrected chi connectivity index (χ0v) is 11.7. The van der Waals surface area contributed by atoms with Crippen molar-refractivity contribution in [2.75, 3.05) is 32.8 Å². The number of nitrogens with zero attached hydrogens (tertiary/aromatic N) is 1. The van der Waals surface area contributed by atoms with Crippen LogP contribution in [0, 0.1) is 0 Å². The number of esters is 1. The van der Waals surface area contributed by atoms with Gasteiger partial charge in [-0.05, 0) is 31.2 Å². The molecule has 1 aliphatic rings. The van der Waals surface area contributed by atoms with Gasteiger partial charge in [-0.15, -0.1) is 0 Å². The molecule has 0 N–H and O–H groups in total. The first-order chi connectivity index (χ1) is 9.15. The summed E-state index contributed by atoms with van der Waals surface area (Å²) in [7, 11) is 0. The third kappa shape index (κ3) is 4.49. The highest BCUT2D eigenvalue weighted by Crippen LogP contribution is 2.11. The molecule has 0 radical (unpaired) electrons. The van der Waals surface area contributed by atoms with E-state index < -0.39 is 0 Å². The van der Waals surface area contributed by atoms with Gasteiger partial charge in [-0.1, -0.05) is 11.6 Å². The summed E-state index contributed by atoms with van der Waals surface area (Å²) in [5.74, 6) is -0.308. The molecule has 0 unspecified atom stereocenters. The molecule has 0 bridgehead atoms. The van der Waals surface area contributed by atoms with Crippen molar-refractivity contribution in [3.05, 3.63) is 34.9 Å². The van der Waals surface area contributed by atoms with Gasteiger partial charge in [0.15, 0.2) is 0 Å². The third-order valence-electron chi connectivity index (χ3n) is 3.01. The van der Waals surface area contributed by atoms with Gasteiger partial charge in [-0.2, -0.15) is 0 Å². The van der Waals surface area contributed by atoms with Crippen LogP contribution in [0.5, 0.6) is 0 Å². The number of ether oxygens (including phenoxy) is 2. The van der Waals surface area contributed by atoms with E-state index >= 15 is 0 Å². The van der Waals surface area contributed by atoms with Gasteiger partial charge < -0.3 is 9.47 Å². The zero-order valence-electron chi connectivity index (χ0n) is 11.0. The van der Waals surface area contributed by atoms with E-state index in [-0.39, 0.29) is 12.1 Å². The van der Waals surface area contributed by atoms with E-state index in [9.17, 15) is 4.79 Å². The molecule has 0 saturated carbocycles. The minimum Gasteiger partial charge on any atom is -0.458 e. The minimum absolute atomic E-state index is 0.138. The van der Waals surface area contributed by atoms with Crippen molar-refractivity contribution in [3.63, 3.8) is 0 Å². The normalized spacial score (nSPS) is 18.0. The molecule has 1 aromatic rings. The van der Waals surface area contributed by atoms with Crippen molar-refractivity contribution in [2.45, 2.75) is 13.0 Å². The predicted molar refractivity (Wildman–Crippen MR) is 73.6 cm³/mol. The number of carbonyl (C=O) groups is 1. The van der Waals surface area contributed by atoms with Crippen molar-refractivity contribution in [1.29, 1.82) is 0 Å². The molecule has 2 rings (SSSR count). The Balaban J connectivity index is 1.82. The lowest BCUT2D eigenvalue weighted by Crippen LogP contribution is -2.41. The van der Waals surface area contributed by atoms with Crippen LogP contribution in [0.15, 0.2) is 24.3 Å². The van der Waals surface area contributed by atoms with E-state index in [2.05, 4.69) is 4.90 Å². The lowest BCUT2D eigenvalue weighted by molar-refractivity contribution is 0.000449. The van der Waals surface area contributed by atoms with Gasteiger partial charge in [0.1, 0.15) is 6.10 Å². The maximum Gasteiger partial charge on any atom is 0.338 e. The van der Waals surface area contributed by atoms with Crippen LogP contribution in [0.4, 0.5) is 0 Å². The largest absolute Gasteiger partial charge is 0.458 e. The Morgan fingerprint density at radius 1 is 1.37 bits per heavy atom.